The van der Waals surface area contributed by atoms with Crippen molar-refractivity contribution in [3.63, 3.8) is 0 Å². The number of aryl methyl sites for hydroxylation is 1. The molecule has 0 N–H and O–H groups in total. The molecule has 0 fully saturated rings. The zero-order chi connectivity index (χ0) is 13.0. The smallest absolute Gasteiger partial charge is 0.219 e. The minimum Gasteiger partial charge on any atom is -0.439 e. The van der Waals surface area contributed by atoms with E-state index in [2.05, 4.69) is 31.8 Å². The topological polar surface area (TPSA) is 22.1 Å². The van der Waals surface area contributed by atoms with Crippen molar-refractivity contribution in [3.05, 3.63) is 53.7 Å². The SMILES string of the molecule is CCC(C)c1ccc(Oc2ccc(C)cc2)nc1. The number of benzene rings is 1. The molecule has 1 atom stereocenters. The molecule has 18 heavy (non-hydrogen) atoms. The van der Waals surface area contributed by atoms with Crippen molar-refractivity contribution in [1.82, 2.24) is 4.98 Å². The Balaban J connectivity index is 2.08. The van der Waals surface area contributed by atoms with Gasteiger partial charge in [0.1, 0.15) is 5.75 Å². The molecule has 1 aromatic heterocycles. The van der Waals surface area contributed by atoms with Gasteiger partial charge in [-0.2, -0.15) is 0 Å². The second-order valence-electron chi connectivity index (χ2n) is 4.65. The van der Waals surface area contributed by atoms with Gasteiger partial charge in [0.25, 0.3) is 0 Å². The molecule has 0 aliphatic rings. The van der Waals surface area contributed by atoms with E-state index in [1.165, 1.54) is 11.1 Å². The van der Waals surface area contributed by atoms with Crippen molar-refractivity contribution >= 4 is 0 Å². The van der Waals surface area contributed by atoms with Gasteiger partial charge in [0.2, 0.25) is 5.88 Å². The molecule has 0 saturated heterocycles. The van der Waals surface area contributed by atoms with E-state index in [0.29, 0.717) is 11.8 Å². The van der Waals surface area contributed by atoms with Crippen molar-refractivity contribution in [1.29, 1.82) is 0 Å². The van der Waals surface area contributed by atoms with Gasteiger partial charge >= 0.3 is 0 Å². The van der Waals surface area contributed by atoms with Crippen molar-refractivity contribution in [2.24, 2.45) is 0 Å². The molecule has 2 rings (SSSR count). The van der Waals surface area contributed by atoms with Crippen LogP contribution >= 0.6 is 0 Å². The first kappa shape index (κ1) is 12.6. The van der Waals surface area contributed by atoms with E-state index in [1.807, 2.05) is 36.5 Å². The van der Waals surface area contributed by atoms with Crippen LogP contribution < -0.4 is 4.74 Å². The summed E-state index contributed by atoms with van der Waals surface area (Å²) in [5.74, 6) is 2.02. The molecule has 1 unspecified atom stereocenters. The summed E-state index contributed by atoms with van der Waals surface area (Å²) in [5.41, 5.74) is 2.48. The number of hydrogen-bond donors (Lipinski definition) is 0. The van der Waals surface area contributed by atoms with Crippen LogP contribution in [0.3, 0.4) is 0 Å². The summed E-state index contributed by atoms with van der Waals surface area (Å²) in [4.78, 5) is 4.34. The van der Waals surface area contributed by atoms with Crippen LogP contribution in [0.2, 0.25) is 0 Å². The minimum absolute atomic E-state index is 0.547. The normalized spacial score (nSPS) is 12.2. The fraction of sp³-hybridized carbons (Fsp3) is 0.312. The molecule has 0 bridgehead atoms. The third-order valence-electron chi connectivity index (χ3n) is 3.18. The number of pyridine rings is 1. The molecule has 1 heterocycles. The molecule has 0 radical (unpaired) electrons. The lowest BCUT2D eigenvalue weighted by Gasteiger charge is -2.09. The summed E-state index contributed by atoms with van der Waals surface area (Å²) in [6.45, 7) is 6.45. The Morgan fingerprint density at radius 3 is 2.39 bits per heavy atom. The molecule has 0 aliphatic carbocycles. The Bertz CT molecular complexity index is 488. The van der Waals surface area contributed by atoms with Gasteiger partial charge in [0.15, 0.2) is 0 Å². The lowest BCUT2D eigenvalue weighted by atomic mass is 10.0. The fourth-order valence-corrected chi connectivity index (χ4v) is 1.71. The molecule has 2 heteroatoms. The van der Waals surface area contributed by atoms with E-state index in [1.54, 1.807) is 0 Å². The van der Waals surface area contributed by atoms with E-state index in [9.17, 15) is 0 Å². The average molecular weight is 241 g/mol. The van der Waals surface area contributed by atoms with Gasteiger partial charge in [-0.05, 0) is 37.0 Å². The van der Waals surface area contributed by atoms with E-state index in [0.717, 1.165) is 12.2 Å². The van der Waals surface area contributed by atoms with Crippen LogP contribution in [0, 0.1) is 6.92 Å². The monoisotopic (exact) mass is 241 g/mol. The van der Waals surface area contributed by atoms with Gasteiger partial charge in [-0.1, -0.05) is 37.6 Å². The van der Waals surface area contributed by atoms with Crippen LogP contribution in [0.4, 0.5) is 0 Å². The number of ether oxygens (including phenoxy) is 1. The van der Waals surface area contributed by atoms with Crippen LogP contribution in [-0.4, -0.2) is 4.98 Å². The number of aromatic nitrogens is 1. The van der Waals surface area contributed by atoms with Crippen LogP contribution in [-0.2, 0) is 0 Å². The predicted molar refractivity (Wildman–Crippen MR) is 74.2 cm³/mol. The average Bonchev–Trinajstić information content (AvgIpc) is 2.41. The van der Waals surface area contributed by atoms with Gasteiger partial charge < -0.3 is 4.74 Å². The number of nitrogens with zero attached hydrogens (tertiary/aromatic N) is 1. The van der Waals surface area contributed by atoms with E-state index >= 15 is 0 Å². The highest BCUT2D eigenvalue weighted by molar-refractivity contribution is 5.30. The maximum atomic E-state index is 5.69. The van der Waals surface area contributed by atoms with Gasteiger partial charge in [-0.15, -0.1) is 0 Å². The lowest BCUT2D eigenvalue weighted by Crippen LogP contribution is -1.94. The molecular formula is C16H19NO. The Kier molecular flexibility index (Phi) is 3.98. The molecule has 0 spiro atoms. The zero-order valence-electron chi connectivity index (χ0n) is 11.2. The van der Waals surface area contributed by atoms with Crippen LogP contribution in [0.5, 0.6) is 11.6 Å². The molecule has 2 nitrogen and oxygen atoms in total. The third-order valence-corrected chi connectivity index (χ3v) is 3.18. The number of rotatable bonds is 4. The van der Waals surface area contributed by atoms with Crippen molar-refractivity contribution < 1.29 is 4.74 Å². The highest BCUT2D eigenvalue weighted by atomic mass is 16.5. The first-order valence-corrected chi connectivity index (χ1v) is 6.39. The van der Waals surface area contributed by atoms with Crippen LogP contribution in [0.25, 0.3) is 0 Å². The molecule has 2 aromatic rings. The summed E-state index contributed by atoms with van der Waals surface area (Å²) >= 11 is 0. The molecule has 94 valence electrons. The van der Waals surface area contributed by atoms with E-state index in [-0.39, 0.29) is 0 Å². The van der Waals surface area contributed by atoms with Crippen LogP contribution in [0.1, 0.15) is 37.3 Å². The molecule has 0 saturated carbocycles. The van der Waals surface area contributed by atoms with Crippen molar-refractivity contribution in [3.8, 4) is 11.6 Å². The number of hydrogen-bond acceptors (Lipinski definition) is 2. The molecular weight excluding hydrogens is 222 g/mol. The summed E-state index contributed by atoms with van der Waals surface area (Å²) in [7, 11) is 0. The van der Waals surface area contributed by atoms with E-state index < -0.39 is 0 Å². The minimum atomic E-state index is 0.547. The predicted octanol–water partition coefficient (Wildman–Crippen LogP) is 4.70. The van der Waals surface area contributed by atoms with Crippen LogP contribution in [0.15, 0.2) is 42.6 Å². The van der Waals surface area contributed by atoms with Gasteiger partial charge in [-0.3, -0.25) is 0 Å². The summed E-state index contributed by atoms with van der Waals surface area (Å²) in [5, 5.41) is 0. The Morgan fingerprint density at radius 2 is 1.83 bits per heavy atom. The highest BCUT2D eigenvalue weighted by Crippen LogP contribution is 2.23. The maximum absolute atomic E-state index is 5.69. The second kappa shape index (κ2) is 5.67. The zero-order valence-corrected chi connectivity index (χ0v) is 11.2. The first-order chi connectivity index (χ1) is 8.69. The van der Waals surface area contributed by atoms with Gasteiger partial charge in [0.05, 0.1) is 0 Å². The van der Waals surface area contributed by atoms with Crippen molar-refractivity contribution in [2.75, 3.05) is 0 Å². The molecule has 1 aromatic carbocycles. The van der Waals surface area contributed by atoms with Gasteiger partial charge in [0, 0.05) is 12.3 Å². The lowest BCUT2D eigenvalue weighted by molar-refractivity contribution is 0.462. The highest BCUT2D eigenvalue weighted by Gasteiger charge is 2.04. The van der Waals surface area contributed by atoms with Gasteiger partial charge in [-0.25, -0.2) is 4.98 Å². The first-order valence-electron chi connectivity index (χ1n) is 6.39. The standard InChI is InChI=1S/C16H19NO/c1-4-13(3)14-7-10-16(17-11-14)18-15-8-5-12(2)6-9-15/h5-11,13H,4H2,1-3H3. The Hall–Kier alpha value is -1.83. The quantitative estimate of drug-likeness (QED) is 0.774. The Morgan fingerprint density at radius 1 is 1.11 bits per heavy atom. The largest absolute Gasteiger partial charge is 0.439 e. The molecule has 0 amide bonds. The van der Waals surface area contributed by atoms with E-state index in [4.69, 9.17) is 4.74 Å². The molecule has 0 aliphatic heterocycles. The second-order valence-corrected chi connectivity index (χ2v) is 4.65. The third kappa shape index (κ3) is 3.10. The maximum Gasteiger partial charge on any atom is 0.219 e. The fourth-order valence-electron chi connectivity index (χ4n) is 1.71. The summed E-state index contributed by atoms with van der Waals surface area (Å²) in [6, 6.07) is 12.0. The summed E-state index contributed by atoms with van der Waals surface area (Å²) in [6.07, 6.45) is 3.03. The summed E-state index contributed by atoms with van der Waals surface area (Å²) < 4.78 is 5.69. The Labute approximate surface area is 109 Å². The van der Waals surface area contributed by atoms with Crippen molar-refractivity contribution in [2.45, 2.75) is 33.1 Å².